The van der Waals surface area contributed by atoms with Crippen LogP contribution in [-0.2, 0) is 22.6 Å². The molecule has 7 nitrogen and oxygen atoms in total. The lowest BCUT2D eigenvalue weighted by Gasteiger charge is -2.23. The highest BCUT2D eigenvalue weighted by Gasteiger charge is 2.31. The molecule has 1 saturated heterocycles. The molecule has 3 rings (SSSR count). The number of halogens is 1. The van der Waals surface area contributed by atoms with Gasteiger partial charge in [-0.15, -0.1) is 11.3 Å². The second kappa shape index (κ2) is 9.11. The summed E-state index contributed by atoms with van der Waals surface area (Å²) in [6, 6.07) is 5.00. The van der Waals surface area contributed by atoms with Gasteiger partial charge in [0.05, 0.1) is 12.6 Å². The summed E-state index contributed by atoms with van der Waals surface area (Å²) in [4.78, 5) is 32.2. The number of hydrogen-bond acceptors (Lipinski definition) is 6. The maximum Gasteiger partial charge on any atom is 0.243 e. The van der Waals surface area contributed by atoms with Gasteiger partial charge in [-0.3, -0.25) is 14.5 Å². The van der Waals surface area contributed by atoms with E-state index in [9.17, 15) is 14.0 Å². The molecule has 1 aliphatic heterocycles. The van der Waals surface area contributed by atoms with Gasteiger partial charge in [-0.25, -0.2) is 9.37 Å². The Morgan fingerprint density at radius 3 is 2.93 bits per heavy atom. The molecule has 0 unspecified atom stereocenters. The Bertz CT molecular complexity index is 843. The molecule has 0 saturated carbocycles. The first-order valence-corrected chi connectivity index (χ1v) is 9.97. The number of rotatable bonds is 7. The number of nitrogens with one attached hydrogen (secondary N) is 2. The van der Waals surface area contributed by atoms with Gasteiger partial charge in [-0.2, -0.15) is 0 Å². The third kappa shape index (κ3) is 5.26. The van der Waals surface area contributed by atoms with E-state index in [-0.39, 0.29) is 36.6 Å². The number of nitrogens with zero attached hydrogens (tertiary/aromatic N) is 2. The molecule has 1 aliphatic rings. The smallest absolute Gasteiger partial charge is 0.243 e. The minimum Gasteiger partial charge on any atom is -0.375 e. The average molecular weight is 405 g/mol. The Balaban J connectivity index is 1.69. The van der Waals surface area contributed by atoms with Crippen molar-refractivity contribution in [2.75, 3.05) is 19.3 Å². The van der Waals surface area contributed by atoms with E-state index < -0.39 is 6.04 Å². The first-order valence-electron chi connectivity index (χ1n) is 9.15. The molecule has 2 atom stereocenters. The van der Waals surface area contributed by atoms with Gasteiger partial charge in [0.25, 0.3) is 0 Å². The Hall–Kier alpha value is -2.52. The molecule has 150 valence electrons. The molecular weight excluding hydrogens is 381 g/mol. The van der Waals surface area contributed by atoms with Crippen LogP contribution < -0.4 is 16.4 Å². The quantitative estimate of drug-likeness (QED) is 0.645. The van der Waals surface area contributed by atoms with Crippen LogP contribution >= 0.6 is 11.3 Å². The van der Waals surface area contributed by atoms with Crippen molar-refractivity contribution in [2.24, 2.45) is 0 Å². The van der Waals surface area contributed by atoms with Crippen LogP contribution in [0, 0.1) is 5.82 Å². The largest absolute Gasteiger partial charge is 0.375 e. The maximum atomic E-state index is 13.5. The summed E-state index contributed by atoms with van der Waals surface area (Å²) in [6.45, 7) is 1.12. The average Bonchev–Trinajstić information content (AvgIpc) is 3.27. The molecule has 0 aliphatic carbocycles. The van der Waals surface area contributed by atoms with Crippen LogP contribution in [-0.4, -0.2) is 47.4 Å². The molecule has 0 spiro atoms. The summed E-state index contributed by atoms with van der Waals surface area (Å²) in [6.07, 6.45) is 3.52. The number of thiazole rings is 1. The maximum absolute atomic E-state index is 13.5. The number of anilines is 1. The number of hydrogen-bond donors (Lipinski definition) is 3. The summed E-state index contributed by atoms with van der Waals surface area (Å²) in [5, 5.41) is 6.08. The number of carbonyl (C=O) groups is 2. The lowest BCUT2D eigenvalue weighted by molar-refractivity contribution is -0.131. The third-order valence-electron chi connectivity index (χ3n) is 4.79. The fourth-order valence-corrected chi connectivity index (χ4v) is 3.94. The predicted molar refractivity (Wildman–Crippen MR) is 106 cm³/mol. The normalized spacial score (nSPS) is 18.0. The van der Waals surface area contributed by atoms with Crippen molar-refractivity contribution in [1.29, 1.82) is 0 Å². The molecule has 2 aromatic rings. The minimum atomic E-state index is -0.798. The SMILES string of the molecule is CN1CCC[C@@H]1C(=O)N[C@@H](Cc1cccc(F)c1)C(=O)NCc1cnc(N)s1. The van der Waals surface area contributed by atoms with Crippen molar-refractivity contribution in [3.63, 3.8) is 0 Å². The molecule has 0 bridgehead atoms. The zero-order valence-electron chi connectivity index (χ0n) is 15.7. The lowest BCUT2D eigenvalue weighted by atomic mass is 10.0. The molecule has 9 heteroatoms. The van der Waals surface area contributed by atoms with E-state index in [1.807, 2.05) is 11.9 Å². The Kier molecular flexibility index (Phi) is 6.58. The van der Waals surface area contributed by atoms with Crippen molar-refractivity contribution < 1.29 is 14.0 Å². The molecular formula is C19H24FN5O2S. The third-order valence-corrected chi connectivity index (χ3v) is 5.62. The van der Waals surface area contributed by atoms with Crippen LogP contribution in [0.2, 0.25) is 0 Å². The van der Waals surface area contributed by atoms with Gasteiger partial charge in [0, 0.05) is 17.5 Å². The first-order chi connectivity index (χ1) is 13.4. The molecule has 1 fully saturated rings. The number of nitrogens with two attached hydrogens (primary N) is 1. The molecule has 1 aromatic carbocycles. The summed E-state index contributed by atoms with van der Waals surface area (Å²) in [5.74, 6) is -0.887. The van der Waals surface area contributed by atoms with Gasteiger partial charge in [-0.05, 0) is 44.1 Å². The molecule has 4 N–H and O–H groups in total. The number of carbonyl (C=O) groups excluding carboxylic acids is 2. The topological polar surface area (TPSA) is 100 Å². The van der Waals surface area contributed by atoms with Gasteiger partial charge >= 0.3 is 0 Å². The summed E-state index contributed by atoms with van der Waals surface area (Å²) >= 11 is 1.29. The molecule has 2 amide bonds. The van der Waals surface area contributed by atoms with Crippen LogP contribution in [0.3, 0.4) is 0 Å². The fraction of sp³-hybridized carbons (Fsp3) is 0.421. The van der Waals surface area contributed by atoms with E-state index in [2.05, 4.69) is 15.6 Å². The van der Waals surface area contributed by atoms with E-state index in [0.717, 1.165) is 24.3 Å². The van der Waals surface area contributed by atoms with Gasteiger partial charge < -0.3 is 16.4 Å². The number of likely N-dealkylation sites (N-methyl/N-ethyl adjacent to an activating group) is 1. The van der Waals surface area contributed by atoms with Gasteiger partial charge in [0.15, 0.2) is 5.13 Å². The van der Waals surface area contributed by atoms with E-state index in [1.54, 1.807) is 18.3 Å². The van der Waals surface area contributed by atoms with Crippen molar-refractivity contribution in [3.05, 3.63) is 46.7 Å². The Labute approximate surface area is 167 Å². The fourth-order valence-electron chi connectivity index (χ4n) is 3.32. The molecule has 28 heavy (non-hydrogen) atoms. The zero-order chi connectivity index (χ0) is 20.1. The van der Waals surface area contributed by atoms with Crippen molar-refractivity contribution in [1.82, 2.24) is 20.5 Å². The predicted octanol–water partition coefficient (Wildman–Crippen LogP) is 1.30. The molecule has 1 aromatic heterocycles. The number of benzene rings is 1. The van der Waals surface area contributed by atoms with Gasteiger partial charge in [-0.1, -0.05) is 12.1 Å². The Morgan fingerprint density at radius 1 is 1.46 bits per heavy atom. The lowest BCUT2D eigenvalue weighted by Crippen LogP contribution is -2.52. The van der Waals surface area contributed by atoms with Crippen LogP contribution in [0.25, 0.3) is 0 Å². The second-order valence-electron chi connectivity index (χ2n) is 6.92. The van der Waals surface area contributed by atoms with Gasteiger partial charge in [0.1, 0.15) is 11.9 Å². The molecule has 2 heterocycles. The van der Waals surface area contributed by atoms with Crippen LogP contribution in [0.5, 0.6) is 0 Å². The van der Waals surface area contributed by atoms with Crippen molar-refractivity contribution in [2.45, 2.75) is 37.9 Å². The Morgan fingerprint density at radius 2 is 2.29 bits per heavy atom. The second-order valence-corrected chi connectivity index (χ2v) is 8.06. The number of nitrogen functional groups attached to an aromatic ring is 1. The number of amides is 2. The highest BCUT2D eigenvalue weighted by molar-refractivity contribution is 7.15. The highest BCUT2D eigenvalue weighted by atomic mass is 32.1. The highest BCUT2D eigenvalue weighted by Crippen LogP contribution is 2.16. The van der Waals surface area contributed by atoms with Crippen LogP contribution in [0.4, 0.5) is 9.52 Å². The standard InChI is InChI=1S/C19H24FN5O2S/c1-25-7-3-6-16(25)18(27)24-15(9-12-4-2-5-13(20)8-12)17(26)22-10-14-11-23-19(21)28-14/h2,4-5,8,11,15-16H,3,6-7,9-10H2,1H3,(H2,21,23)(H,22,26)(H,24,27)/t15-,16+/m0/s1. The number of aromatic nitrogens is 1. The van der Waals surface area contributed by atoms with E-state index >= 15 is 0 Å². The summed E-state index contributed by atoms with van der Waals surface area (Å²) < 4.78 is 13.5. The van der Waals surface area contributed by atoms with Crippen LogP contribution in [0.15, 0.2) is 30.5 Å². The van der Waals surface area contributed by atoms with Crippen molar-refractivity contribution in [3.8, 4) is 0 Å². The monoisotopic (exact) mass is 405 g/mol. The molecule has 0 radical (unpaired) electrons. The zero-order valence-corrected chi connectivity index (χ0v) is 16.5. The minimum absolute atomic E-state index is 0.182. The van der Waals surface area contributed by atoms with E-state index in [1.165, 1.54) is 23.5 Å². The summed E-state index contributed by atoms with van der Waals surface area (Å²) in [7, 11) is 1.90. The van der Waals surface area contributed by atoms with E-state index in [0.29, 0.717) is 10.7 Å². The number of likely N-dealkylation sites (tertiary alicyclic amines) is 1. The van der Waals surface area contributed by atoms with E-state index in [4.69, 9.17) is 5.73 Å². The van der Waals surface area contributed by atoms with Crippen molar-refractivity contribution >= 4 is 28.3 Å². The van der Waals surface area contributed by atoms with Gasteiger partial charge in [0.2, 0.25) is 11.8 Å². The first kappa shape index (κ1) is 20.2. The van der Waals surface area contributed by atoms with Crippen LogP contribution in [0.1, 0.15) is 23.3 Å². The summed E-state index contributed by atoms with van der Waals surface area (Å²) in [5.41, 5.74) is 6.25.